The van der Waals surface area contributed by atoms with Crippen LogP contribution in [0, 0.1) is 11.8 Å². The molecule has 1 aliphatic rings. The van der Waals surface area contributed by atoms with Crippen molar-refractivity contribution in [2.24, 2.45) is 11.8 Å². The van der Waals surface area contributed by atoms with Crippen molar-refractivity contribution in [1.82, 2.24) is 5.32 Å². The molecule has 1 saturated carbocycles. The number of carboxylic acids is 1. The maximum Gasteiger partial charge on any atom is 0.307 e. The number of methoxy groups -OCH3 is 1. The van der Waals surface area contributed by atoms with E-state index in [-0.39, 0.29) is 18.9 Å². The zero-order chi connectivity index (χ0) is 13.5. The van der Waals surface area contributed by atoms with Crippen LogP contribution in [0.15, 0.2) is 0 Å². The lowest BCUT2D eigenvalue weighted by molar-refractivity contribution is -0.149. The third-order valence-electron chi connectivity index (χ3n) is 3.28. The molecule has 18 heavy (non-hydrogen) atoms. The molecule has 6 heteroatoms. The monoisotopic (exact) mass is 257 g/mol. The minimum absolute atomic E-state index is 0.104. The summed E-state index contributed by atoms with van der Waals surface area (Å²) in [6.07, 6.45) is 2.97. The standard InChI is InChI=1S/C12H19NO5/c1-18-10(14)6-7-13-11(15)8-4-2-3-5-9(8)12(16)17/h8-9H,2-7H2,1H3,(H,13,15)(H,16,17)/t8-,9+/m1/s1. The van der Waals surface area contributed by atoms with Crippen LogP contribution in [0.4, 0.5) is 0 Å². The molecule has 0 spiro atoms. The molecule has 2 atom stereocenters. The van der Waals surface area contributed by atoms with Crippen LogP contribution in [0.1, 0.15) is 32.1 Å². The Bertz CT molecular complexity index is 328. The average molecular weight is 257 g/mol. The van der Waals surface area contributed by atoms with Gasteiger partial charge in [-0.2, -0.15) is 0 Å². The van der Waals surface area contributed by atoms with Crippen molar-refractivity contribution in [3.8, 4) is 0 Å². The van der Waals surface area contributed by atoms with Gasteiger partial charge in [0.05, 0.1) is 25.4 Å². The van der Waals surface area contributed by atoms with E-state index in [9.17, 15) is 14.4 Å². The molecule has 0 heterocycles. The SMILES string of the molecule is COC(=O)CCNC(=O)[C@@H]1CCCC[C@@H]1C(=O)O. The lowest BCUT2D eigenvalue weighted by atomic mass is 9.79. The average Bonchev–Trinajstić information content (AvgIpc) is 2.38. The summed E-state index contributed by atoms with van der Waals surface area (Å²) in [4.78, 5) is 33.8. The van der Waals surface area contributed by atoms with Crippen molar-refractivity contribution < 1.29 is 24.2 Å². The van der Waals surface area contributed by atoms with Gasteiger partial charge in [-0.15, -0.1) is 0 Å². The zero-order valence-electron chi connectivity index (χ0n) is 10.5. The topological polar surface area (TPSA) is 92.7 Å². The molecule has 1 rings (SSSR count). The summed E-state index contributed by atoms with van der Waals surface area (Å²) in [7, 11) is 1.28. The van der Waals surface area contributed by atoms with E-state index in [1.807, 2.05) is 0 Å². The number of carbonyl (C=O) groups excluding carboxylic acids is 2. The summed E-state index contributed by atoms with van der Waals surface area (Å²) in [6, 6.07) is 0. The van der Waals surface area contributed by atoms with Gasteiger partial charge in [0, 0.05) is 6.54 Å². The summed E-state index contributed by atoms with van der Waals surface area (Å²) >= 11 is 0. The van der Waals surface area contributed by atoms with Gasteiger partial charge in [-0.05, 0) is 12.8 Å². The Morgan fingerprint density at radius 3 is 2.39 bits per heavy atom. The number of carbonyl (C=O) groups is 3. The fourth-order valence-corrected chi connectivity index (χ4v) is 2.26. The normalized spacial score (nSPS) is 23.2. The van der Waals surface area contributed by atoms with Gasteiger partial charge in [0.25, 0.3) is 0 Å². The number of esters is 1. The minimum Gasteiger partial charge on any atom is -0.481 e. The van der Waals surface area contributed by atoms with E-state index >= 15 is 0 Å². The molecule has 1 amide bonds. The molecule has 1 fully saturated rings. The molecule has 2 N–H and O–H groups in total. The first-order chi connectivity index (χ1) is 8.56. The quantitative estimate of drug-likeness (QED) is 0.702. The fourth-order valence-electron chi connectivity index (χ4n) is 2.26. The number of carboxylic acid groups (broad SMARTS) is 1. The van der Waals surface area contributed by atoms with Crippen LogP contribution in [0.3, 0.4) is 0 Å². The van der Waals surface area contributed by atoms with Gasteiger partial charge in [-0.3, -0.25) is 14.4 Å². The lowest BCUT2D eigenvalue weighted by Gasteiger charge is -2.27. The molecule has 0 aromatic carbocycles. The van der Waals surface area contributed by atoms with E-state index in [4.69, 9.17) is 5.11 Å². The molecular formula is C12H19NO5. The Balaban J connectivity index is 2.43. The van der Waals surface area contributed by atoms with Crippen LogP contribution in [0.25, 0.3) is 0 Å². The molecule has 0 radical (unpaired) electrons. The van der Waals surface area contributed by atoms with Crippen LogP contribution >= 0.6 is 0 Å². The summed E-state index contributed by atoms with van der Waals surface area (Å²) in [5.41, 5.74) is 0. The van der Waals surface area contributed by atoms with Crippen molar-refractivity contribution in [3.63, 3.8) is 0 Å². The van der Waals surface area contributed by atoms with Crippen molar-refractivity contribution in [2.45, 2.75) is 32.1 Å². The fraction of sp³-hybridized carbons (Fsp3) is 0.750. The summed E-state index contributed by atoms with van der Waals surface area (Å²) in [5.74, 6) is -2.66. The summed E-state index contributed by atoms with van der Waals surface area (Å²) < 4.78 is 4.45. The Kier molecular flexibility index (Phi) is 5.61. The highest BCUT2D eigenvalue weighted by Crippen LogP contribution is 2.30. The third kappa shape index (κ3) is 4.01. The Hall–Kier alpha value is -1.59. The highest BCUT2D eigenvalue weighted by atomic mass is 16.5. The molecule has 0 aliphatic heterocycles. The van der Waals surface area contributed by atoms with Crippen molar-refractivity contribution in [3.05, 3.63) is 0 Å². The van der Waals surface area contributed by atoms with Gasteiger partial charge in [0.2, 0.25) is 5.91 Å². The van der Waals surface area contributed by atoms with Gasteiger partial charge < -0.3 is 15.2 Å². The van der Waals surface area contributed by atoms with Gasteiger partial charge >= 0.3 is 11.9 Å². The van der Waals surface area contributed by atoms with Gasteiger partial charge in [0.1, 0.15) is 0 Å². The molecule has 102 valence electrons. The zero-order valence-corrected chi connectivity index (χ0v) is 10.5. The van der Waals surface area contributed by atoms with E-state index in [0.717, 1.165) is 12.8 Å². The van der Waals surface area contributed by atoms with Crippen LogP contribution < -0.4 is 5.32 Å². The number of hydrogen-bond donors (Lipinski definition) is 2. The number of ether oxygens (including phenoxy) is 1. The molecule has 6 nitrogen and oxygen atoms in total. The third-order valence-corrected chi connectivity index (χ3v) is 3.28. The summed E-state index contributed by atoms with van der Waals surface area (Å²) in [6.45, 7) is 0.189. The van der Waals surface area contributed by atoms with Crippen molar-refractivity contribution in [2.75, 3.05) is 13.7 Å². The van der Waals surface area contributed by atoms with Crippen LogP contribution in [-0.2, 0) is 19.1 Å². The first kappa shape index (κ1) is 14.5. The van der Waals surface area contributed by atoms with Gasteiger partial charge in [-0.25, -0.2) is 0 Å². The van der Waals surface area contributed by atoms with Crippen molar-refractivity contribution in [1.29, 1.82) is 0 Å². The highest BCUT2D eigenvalue weighted by Gasteiger charge is 2.35. The second kappa shape index (κ2) is 6.98. The minimum atomic E-state index is -0.914. The maximum atomic E-state index is 11.9. The Morgan fingerprint density at radius 2 is 1.83 bits per heavy atom. The smallest absolute Gasteiger partial charge is 0.307 e. The number of hydrogen-bond acceptors (Lipinski definition) is 4. The largest absolute Gasteiger partial charge is 0.481 e. The molecule has 0 aromatic rings. The highest BCUT2D eigenvalue weighted by molar-refractivity contribution is 5.85. The Morgan fingerprint density at radius 1 is 1.22 bits per heavy atom. The van der Waals surface area contributed by atoms with Crippen LogP contribution in [0.5, 0.6) is 0 Å². The summed E-state index contributed by atoms with van der Waals surface area (Å²) in [5, 5.41) is 11.7. The number of nitrogens with one attached hydrogen (secondary N) is 1. The maximum absolute atomic E-state index is 11.9. The van der Waals surface area contributed by atoms with Gasteiger partial charge in [0.15, 0.2) is 0 Å². The lowest BCUT2D eigenvalue weighted by Crippen LogP contribution is -2.40. The van der Waals surface area contributed by atoms with E-state index in [2.05, 4.69) is 10.1 Å². The second-order valence-corrected chi connectivity index (χ2v) is 4.45. The molecular weight excluding hydrogens is 238 g/mol. The number of aliphatic carboxylic acids is 1. The molecule has 0 aromatic heterocycles. The van der Waals surface area contributed by atoms with E-state index in [1.54, 1.807) is 0 Å². The number of rotatable bonds is 5. The predicted molar refractivity (Wildman–Crippen MR) is 62.7 cm³/mol. The van der Waals surface area contributed by atoms with E-state index in [1.165, 1.54) is 7.11 Å². The van der Waals surface area contributed by atoms with E-state index < -0.39 is 23.8 Å². The van der Waals surface area contributed by atoms with E-state index in [0.29, 0.717) is 12.8 Å². The molecule has 0 bridgehead atoms. The predicted octanol–water partition coefficient (Wildman–Crippen LogP) is 0.557. The molecule has 0 unspecified atom stereocenters. The van der Waals surface area contributed by atoms with Crippen molar-refractivity contribution >= 4 is 17.8 Å². The van der Waals surface area contributed by atoms with Crippen LogP contribution in [-0.4, -0.2) is 36.6 Å². The first-order valence-electron chi connectivity index (χ1n) is 6.13. The Labute approximate surface area is 106 Å². The number of amides is 1. The van der Waals surface area contributed by atoms with Gasteiger partial charge in [-0.1, -0.05) is 12.8 Å². The second-order valence-electron chi connectivity index (χ2n) is 4.45. The van der Waals surface area contributed by atoms with Crippen LogP contribution in [0.2, 0.25) is 0 Å². The molecule has 0 saturated heterocycles. The first-order valence-corrected chi connectivity index (χ1v) is 6.13. The molecule has 1 aliphatic carbocycles.